The van der Waals surface area contributed by atoms with Crippen LogP contribution in [0.15, 0.2) is 177 Å². The molecule has 39 heteroatoms. The van der Waals surface area contributed by atoms with E-state index in [1.54, 1.807) is 98.1 Å². The van der Waals surface area contributed by atoms with Crippen molar-refractivity contribution in [2.24, 2.45) is 0 Å². The topological polar surface area (TPSA) is 390 Å². The smallest absolute Gasteiger partial charge is 0.258 e. The van der Waals surface area contributed by atoms with E-state index in [2.05, 4.69) is 125 Å². The van der Waals surface area contributed by atoms with Crippen LogP contribution < -0.4 is 30.7 Å². The fourth-order valence-corrected chi connectivity index (χ4v) is 21.0. The molecule has 716 valence electrons. The Morgan fingerprint density at radius 2 is 0.826 bits per heavy atom. The highest BCUT2D eigenvalue weighted by molar-refractivity contribution is 8.00. The van der Waals surface area contributed by atoms with Crippen LogP contribution in [0.3, 0.4) is 0 Å². The summed E-state index contributed by atoms with van der Waals surface area (Å²) in [6.45, 7) is 15.6. The van der Waals surface area contributed by atoms with Crippen molar-refractivity contribution in [3.8, 4) is 33.5 Å². The summed E-state index contributed by atoms with van der Waals surface area (Å²) in [5.74, 6) is 3.71. The number of aromatic nitrogens is 13. The third kappa shape index (κ3) is 21.0. The quantitative estimate of drug-likeness (QED) is 0.0327. The highest BCUT2D eigenvalue weighted by Gasteiger charge is 2.49. The lowest BCUT2D eigenvalue weighted by Crippen LogP contribution is -2.48. The molecular formula is C99H110FN25O11S2. The summed E-state index contributed by atoms with van der Waals surface area (Å²) in [6.07, 6.45) is 23.8. The third-order valence-corrected chi connectivity index (χ3v) is 29.6. The van der Waals surface area contributed by atoms with Crippen LogP contribution >= 0.6 is 23.1 Å². The lowest BCUT2D eigenvalue weighted by molar-refractivity contribution is -0.138. The van der Waals surface area contributed by atoms with E-state index >= 15 is 4.39 Å². The van der Waals surface area contributed by atoms with Gasteiger partial charge in [-0.3, -0.25) is 58.8 Å². The van der Waals surface area contributed by atoms with Crippen LogP contribution in [0.2, 0.25) is 0 Å². The average Bonchev–Trinajstić information content (AvgIpc) is 1.64. The minimum Gasteiger partial charge on any atom is -0.378 e. The molecule has 6 amide bonds. The first-order valence-electron chi connectivity index (χ1n) is 46.7. The molecule has 6 saturated heterocycles. The summed E-state index contributed by atoms with van der Waals surface area (Å²) >= 11 is 3.09. The predicted octanol–water partition coefficient (Wildman–Crippen LogP) is 9.92. The number of H-pyrrole nitrogens is 3. The summed E-state index contributed by atoms with van der Waals surface area (Å²) in [5.41, 5.74) is 9.24. The number of hydrogen-bond donors (Lipinski definition) is 6. The second-order valence-electron chi connectivity index (χ2n) is 35.5. The van der Waals surface area contributed by atoms with E-state index in [9.17, 15) is 28.8 Å². The Kier molecular flexibility index (Phi) is 28.8. The number of carbonyl (C=O) groups excluding carboxylic acids is 6. The molecule has 3 atom stereocenters. The van der Waals surface area contributed by atoms with Crippen molar-refractivity contribution in [2.75, 3.05) is 228 Å². The predicted molar refractivity (Wildman–Crippen MR) is 528 cm³/mol. The zero-order valence-corrected chi connectivity index (χ0v) is 78.9. The van der Waals surface area contributed by atoms with Crippen molar-refractivity contribution in [1.29, 1.82) is 0 Å². The number of halogens is 1. The summed E-state index contributed by atoms with van der Waals surface area (Å²) in [7, 11) is 3.13. The molecule has 36 nitrogen and oxygen atoms in total. The number of ether oxygens (including phenoxy) is 5. The van der Waals surface area contributed by atoms with Crippen LogP contribution in [0.4, 0.5) is 38.9 Å². The highest BCUT2D eigenvalue weighted by Crippen LogP contribution is 2.40. The Hall–Kier alpha value is -13.2. The van der Waals surface area contributed by atoms with Gasteiger partial charge in [-0.1, -0.05) is 54.6 Å². The number of carbonyl (C=O) groups is 6. The van der Waals surface area contributed by atoms with Gasteiger partial charge in [-0.2, -0.15) is 15.3 Å². The van der Waals surface area contributed by atoms with Gasteiger partial charge in [0, 0.05) is 225 Å². The molecule has 0 radical (unpaired) electrons. The maximum absolute atomic E-state index is 15.1. The van der Waals surface area contributed by atoms with Crippen LogP contribution in [0, 0.1) is 5.82 Å². The summed E-state index contributed by atoms with van der Waals surface area (Å²) in [4.78, 5) is 130. The molecule has 0 aliphatic carbocycles. The SMILES string of the molecule is CO[C@@]1(C(=O)Nc2ccc3[nH]nc(N4CCOCC4)c3c2)CCN(CC(=O)N2CC=C(c3ccc(-c4ncccn4)cc3)CC2)C1.CO[C@@]1(C(=O)Nc2ccc3[nH]nc(N4CCOCC4)c3c2)CCN(CC(=O)N2CC=C(c3ncc(-c4ncccn4)s3)CC2)C1.CS[C@@]1(C(=O)Nc2ccc3[nH]nc(N4CCOCC4)c3c2)CCN(CC(=O)N2CC=C(c3ccc(-c4ncccn4)cc3F)CC2)C1. The van der Waals surface area contributed by atoms with Gasteiger partial charge >= 0.3 is 0 Å². The minimum atomic E-state index is -1.04. The monoisotopic (exact) mass is 1910 g/mol. The zero-order chi connectivity index (χ0) is 94.7. The van der Waals surface area contributed by atoms with E-state index in [4.69, 9.17) is 23.7 Å². The summed E-state index contributed by atoms with van der Waals surface area (Å²) < 4.78 is 42.5. The number of anilines is 6. The van der Waals surface area contributed by atoms with Crippen molar-refractivity contribution in [3.05, 3.63) is 199 Å². The first-order chi connectivity index (χ1) is 67.4. The molecule has 12 aromatic rings. The molecule has 16 heterocycles. The number of aromatic amines is 3. The van der Waals surface area contributed by atoms with Gasteiger partial charge in [0.2, 0.25) is 23.6 Å². The minimum absolute atomic E-state index is 0.00992. The molecule has 6 fully saturated rings. The molecule has 5 aromatic carbocycles. The largest absolute Gasteiger partial charge is 0.378 e. The molecule has 138 heavy (non-hydrogen) atoms. The maximum Gasteiger partial charge on any atom is 0.258 e. The van der Waals surface area contributed by atoms with Gasteiger partial charge in [-0.05, 0) is 146 Å². The van der Waals surface area contributed by atoms with Gasteiger partial charge in [0.1, 0.15) is 15.6 Å². The fraction of sp³-hybridized carbons (Fsp3) is 0.394. The molecule has 9 aliphatic rings. The standard InChI is InChI=1S/C34H37FN8O3S.C34H38N8O4.C31H35N9O4S/c1-47-34(33(45)38-25-4-6-29-27(20-25)32(40-39-29)43-15-17-46-18-16-43)9-14-41(22-34)21-30(44)42-12-7-23(8-13-42)26-5-3-24(19-28(26)35)31-36-10-2-11-37-31;1-45-34(33(44)37-27-7-8-29-28(21-27)32(39-38-29)42-17-19-46-20-18-42)11-16-40(23-34)22-30(43)41-14-9-25(10-15-41)24-3-5-26(6-4-24)31-35-12-2-13-36-31;1-43-31(30(42)35-22-3-4-24-23(17-22)28(37-36-24)40-13-15-44-16-14-40)7-12-38(20-31)19-26(41)39-10-5-21(6-11-39)29-34-18-25(45-29)27-32-8-2-9-33-27/h2-7,10-11,19-20H,8-9,12-18,21-22H2,1H3,(H,38,45)(H,39,40);2-9,12-13,21H,10-11,14-20,22-23H2,1H3,(H,37,44)(H,38,39);2-5,8-9,17-18H,6-7,10-16,19-20H2,1H3,(H,35,42)(H,36,37)/t2*34-;31-/m000/s1. The molecular weight excluding hydrogens is 1800 g/mol. The van der Waals surface area contributed by atoms with E-state index in [1.807, 2.05) is 105 Å². The van der Waals surface area contributed by atoms with Gasteiger partial charge in [0.05, 0.1) is 80.7 Å². The van der Waals surface area contributed by atoms with E-state index in [0.29, 0.717) is 184 Å². The van der Waals surface area contributed by atoms with Crippen molar-refractivity contribution >= 4 is 142 Å². The Labute approximate surface area is 804 Å². The highest BCUT2D eigenvalue weighted by atomic mass is 32.2. The molecule has 0 bridgehead atoms. The molecule has 9 aliphatic heterocycles. The van der Waals surface area contributed by atoms with Crippen LogP contribution in [-0.2, 0) is 52.5 Å². The normalized spacial score (nSPS) is 20.6. The number of nitrogens with zero attached hydrogens (tertiary/aromatic N) is 19. The van der Waals surface area contributed by atoms with Crippen molar-refractivity contribution < 1.29 is 56.8 Å². The van der Waals surface area contributed by atoms with Crippen molar-refractivity contribution in [3.63, 3.8) is 0 Å². The first kappa shape index (κ1) is 93.8. The number of likely N-dealkylation sites (tertiary alicyclic amines) is 3. The van der Waals surface area contributed by atoms with Crippen LogP contribution in [0.5, 0.6) is 0 Å². The second-order valence-corrected chi connectivity index (χ2v) is 37.8. The maximum atomic E-state index is 15.1. The van der Waals surface area contributed by atoms with Gasteiger partial charge in [-0.15, -0.1) is 23.1 Å². The van der Waals surface area contributed by atoms with Gasteiger partial charge in [0.25, 0.3) is 11.8 Å². The van der Waals surface area contributed by atoms with E-state index in [1.165, 1.54) is 23.4 Å². The van der Waals surface area contributed by atoms with Gasteiger partial charge < -0.3 is 69.0 Å². The van der Waals surface area contributed by atoms with E-state index < -0.39 is 15.9 Å². The number of benzene rings is 5. The molecule has 21 rings (SSSR count). The number of morpholine rings is 3. The molecule has 0 unspecified atom stereocenters. The van der Waals surface area contributed by atoms with E-state index in [-0.39, 0.29) is 60.9 Å². The third-order valence-electron chi connectivity index (χ3n) is 27.2. The zero-order valence-electron chi connectivity index (χ0n) is 77.3. The number of fused-ring (bicyclic) bond motifs is 3. The Morgan fingerprint density at radius 3 is 1.25 bits per heavy atom. The van der Waals surface area contributed by atoms with Crippen LogP contribution in [0.1, 0.15) is 54.7 Å². The fourth-order valence-electron chi connectivity index (χ4n) is 19.2. The lowest BCUT2D eigenvalue weighted by atomic mass is 9.97. The number of nitrogens with one attached hydrogen (secondary N) is 6. The molecule has 7 aromatic heterocycles. The van der Waals surface area contributed by atoms with Gasteiger partial charge in [-0.25, -0.2) is 39.3 Å². The number of amides is 6. The average molecular weight is 1910 g/mol. The number of thioether (sulfide) groups is 1. The Bertz CT molecular complexity index is 6490. The van der Waals surface area contributed by atoms with E-state index in [0.717, 1.165) is 140 Å². The van der Waals surface area contributed by atoms with Gasteiger partial charge in [0.15, 0.2) is 46.1 Å². The number of methoxy groups -OCH3 is 2. The first-order valence-corrected chi connectivity index (χ1v) is 48.8. The summed E-state index contributed by atoms with van der Waals surface area (Å²) in [5, 5.41) is 35.9. The Morgan fingerprint density at radius 1 is 0.435 bits per heavy atom. The molecule has 6 N–H and O–H groups in total. The van der Waals surface area contributed by atoms with Crippen LogP contribution in [-0.4, -0.2) is 344 Å². The van der Waals surface area contributed by atoms with Crippen LogP contribution in [0.25, 0.3) is 82.9 Å². The second kappa shape index (κ2) is 42.4. The number of hydrogen-bond acceptors (Lipinski definition) is 29. The summed E-state index contributed by atoms with van der Waals surface area (Å²) in [6, 6.07) is 35.9. The molecule has 0 saturated carbocycles. The Balaban J connectivity index is 0.000000132. The number of rotatable bonds is 24. The lowest BCUT2D eigenvalue weighted by Gasteiger charge is -2.30. The number of thiazole rings is 1. The van der Waals surface area contributed by atoms with Crippen molar-refractivity contribution in [2.45, 2.75) is 54.5 Å². The molecule has 0 spiro atoms. The van der Waals surface area contributed by atoms with Crippen molar-refractivity contribution in [1.82, 2.24) is 94.9 Å².